The molecule has 0 unspecified atom stereocenters. The second kappa shape index (κ2) is 2.79. The first-order chi connectivity index (χ1) is 5.87. The number of rotatable bonds is 2. The standard InChI is InChI=1S/C7H7F2NO3/c1-3-5(4(2)13-10-3)7(8,9)6(11)12/h1-2H3,(H,11,12). The number of hydrogen-bond acceptors (Lipinski definition) is 3. The lowest BCUT2D eigenvalue weighted by molar-refractivity contribution is -0.166. The molecule has 0 saturated heterocycles. The lowest BCUT2D eigenvalue weighted by Crippen LogP contribution is -2.26. The predicted octanol–water partition coefficient (Wildman–Crippen LogP) is 1.47. The third-order valence-corrected chi connectivity index (χ3v) is 1.62. The first kappa shape index (κ1) is 9.63. The van der Waals surface area contributed by atoms with Crippen molar-refractivity contribution >= 4 is 5.97 Å². The molecular formula is C7H7F2NO3. The minimum absolute atomic E-state index is 0.107. The van der Waals surface area contributed by atoms with E-state index >= 15 is 0 Å². The van der Waals surface area contributed by atoms with E-state index in [0.717, 1.165) is 0 Å². The Kier molecular flexibility index (Phi) is 2.07. The highest BCUT2D eigenvalue weighted by Crippen LogP contribution is 2.32. The van der Waals surface area contributed by atoms with Crippen LogP contribution >= 0.6 is 0 Å². The van der Waals surface area contributed by atoms with Crippen molar-refractivity contribution in [3.8, 4) is 0 Å². The van der Waals surface area contributed by atoms with Crippen LogP contribution in [0.15, 0.2) is 4.52 Å². The van der Waals surface area contributed by atoms with E-state index in [9.17, 15) is 13.6 Å². The van der Waals surface area contributed by atoms with Crippen LogP contribution in [0.4, 0.5) is 8.78 Å². The molecule has 0 bridgehead atoms. The summed E-state index contributed by atoms with van der Waals surface area (Å²) in [6.07, 6.45) is 0. The fraction of sp³-hybridized carbons (Fsp3) is 0.429. The van der Waals surface area contributed by atoms with Crippen LogP contribution in [-0.4, -0.2) is 16.2 Å². The molecule has 72 valence electrons. The summed E-state index contributed by atoms with van der Waals surface area (Å²) in [6.45, 7) is 2.51. The average molecular weight is 191 g/mol. The van der Waals surface area contributed by atoms with Gasteiger partial charge in [0.15, 0.2) is 0 Å². The second-order valence-corrected chi connectivity index (χ2v) is 2.58. The maximum atomic E-state index is 12.9. The van der Waals surface area contributed by atoms with Crippen LogP contribution in [0.25, 0.3) is 0 Å². The molecular weight excluding hydrogens is 184 g/mol. The summed E-state index contributed by atoms with van der Waals surface area (Å²) in [5.41, 5.74) is -0.773. The van der Waals surface area contributed by atoms with Crippen LogP contribution in [0.2, 0.25) is 0 Å². The zero-order valence-corrected chi connectivity index (χ0v) is 6.97. The fourth-order valence-electron chi connectivity index (χ4n) is 1.04. The normalized spacial score (nSPS) is 11.7. The largest absolute Gasteiger partial charge is 0.477 e. The molecule has 1 rings (SSSR count). The molecule has 0 aromatic carbocycles. The molecule has 0 aliphatic heterocycles. The van der Waals surface area contributed by atoms with Crippen LogP contribution in [0.1, 0.15) is 17.0 Å². The monoisotopic (exact) mass is 191 g/mol. The Morgan fingerprint density at radius 1 is 1.54 bits per heavy atom. The maximum Gasteiger partial charge on any atom is 0.379 e. The molecule has 0 amide bonds. The SMILES string of the molecule is Cc1noc(C)c1C(F)(F)C(=O)O. The molecule has 0 fully saturated rings. The predicted molar refractivity (Wildman–Crippen MR) is 37.5 cm³/mol. The summed E-state index contributed by atoms with van der Waals surface area (Å²) in [4.78, 5) is 10.2. The number of hydrogen-bond donors (Lipinski definition) is 1. The zero-order chi connectivity index (χ0) is 10.2. The Bertz CT molecular complexity index is 326. The third-order valence-electron chi connectivity index (χ3n) is 1.62. The van der Waals surface area contributed by atoms with Crippen molar-refractivity contribution in [2.24, 2.45) is 0 Å². The molecule has 0 spiro atoms. The lowest BCUT2D eigenvalue weighted by Gasteiger charge is -2.09. The van der Waals surface area contributed by atoms with Gasteiger partial charge in [0.2, 0.25) is 0 Å². The zero-order valence-electron chi connectivity index (χ0n) is 6.97. The third kappa shape index (κ3) is 1.39. The second-order valence-electron chi connectivity index (χ2n) is 2.58. The van der Waals surface area contributed by atoms with Gasteiger partial charge < -0.3 is 9.63 Å². The van der Waals surface area contributed by atoms with Gasteiger partial charge in [-0.2, -0.15) is 8.78 Å². The van der Waals surface area contributed by atoms with Crippen molar-refractivity contribution < 1.29 is 23.2 Å². The molecule has 0 aliphatic rings. The van der Waals surface area contributed by atoms with Gasteiger partial charge in [-0.3, -0.25) is 0 Å². The summed E-state index contributed by atoms with van der Waals surface area (Å²) >= 11 is 0. The average Bonchev–Trinajstić information content (AvgIpc) is 2.30. The maximum absolute atomic E-state index is 12.9. The topological polar surface area (TPSA) is 63.3 Å². The van der Waals surface area contributed by atoms with Gasteiger partial charge in [-0.15, -0.1) is 0 Å². The Labute approximate surface area is 72.1 Å². The highest BCUT2D eigenvalue weighted by molar-refractivity contribution is 5.77. The van der Waals surface area contributed by atoms with Gasteiger partial charge in [-0.1, -0.05) is 5.16 Å². The van der Waals surface area contributed by atoms with Gasteiger partial charge in [0.05, 0.1) is 11.3 Å². The fourth-order valence-corrected chi connectivity index (χ4v) is 1.04. The first-order valence-electron chi connectivity index (χ1n) is 3.42. The van der Waals surface area contributed by atoms with E-state index < -0.39 is 17.5 Å². The van der Waals surface area contributed by atoms with E-state index in [1.54, 1.807) is 0 Å². The van der Waals surface area contributed by atoms with Crippen LogP contribution in [-0.2, 0) is 10.7 Å². The molecule has 0 radical (unpaired) electrons. The molecule has 0 aliphatic carbocycles. The first-order valence-corrected chi connectivity index (χ1v) is 3.42. The summed E-state index contributed by atoms with van der Waals surface area (Å²) in [7, 11) is 0. The van der Waals surface area contributed by atoms with Gasteiger partial charge in [-0.25, -0.2) is 4.79 Å². The van der Waals surface area contributed by atoms with Gasteiger partial charge in [0.25, 0.3) is 0 Å². The number of aliphatic carboxylic acids is 1. The molecule has 0 atom stereocenters. The molecule has 1 aromatic heterocycles. The highest BCUT2D eigenvalue weighted by Gasteiger charge is 2.45. The van der Waals surface area contributed by atoms with Crippen molar-refractivity contribution in [2.45, 2.75) is 19.8 Å². The molecule has 6 heteroatoms. The van der Waals surface area contributed by atoms with Crippen molar-refractivity contribution in [1.82, 2.24) is 5.16 Å². The van der Waals surface area contributed by atoms with Gasteiger partial charge in [0, 0.05) is 0 Å². The quantitative estimate of drug-likeness (QED) is 0.768. The summed E-state index contributed by atoms with van der Waals surface area (Å²) in [6, 6.07) is 0. The summed E-state index contributed by atoms with van der Waals surface area (Å²) in [5, 5.41) is 11.5. The van der Waals surface area contributed by atoms with Crippen molar-refractivity contribution in [1.29, 1.82) is 0 Å². The van der Waals surface area contributed by atoms with Crippen molar-refractivity contribution in [3.63, 3.8) is 0 Å². The number of nitrogens with zero attached hydrogens (tertiary/aromatic N) is 1. The van der Waals surface area contributed by atoms with E-state index in [0.29, 0.717) is 0 Å². The Morgan fingerprint density at radius 2 is 2.08 bits per heavy atom. The number of carboxylic acids is 1. The minimum Gasteiger partial charge on any atom is -0.477 e. The van der Waals surface area contributed by atoms with Crippen LogP contribution < -0.4 is 0 Å². The van der Waals surface area contributed by atoms with Crippen LogP contribution in [0.3, 0.4) is 0 Å². The number of carbonyl (C=O) groups is 1. The smallest absolute Gasteiger partial charge is 0.379 e. The Morgan fingerprint density at radius 3 is 2.38 bits per heavy atom. The highest BCUT2D eigenvalue weighted by atomic mass is 19.3. The lowest BCUT2D eigenvalue weighted by atomic mass is 10.1. The van der Waals surface area contributed by atoms with Crippen LogP contribution in [0, 0.1) is 13.8 Å². The van der Waals surface area contributed by atoms with Crippen molar-refractivity contribution in [2.75, 3.05) is 0 Å². The van der Waals surface area contributed by atoms with Crippen molar-refractivity contribution in [3.05, 3.63) is 17.0 Å². The van der Waals surface area contributed by atoms with E-state index in [2.05, 4.69) is 9.68 Å². The van der Waals surface area contributed by atoms with E-state index in [1.807, 2.05) is 0 Å². The molecule has 13 heavy (non-hydrogen) atoms. The number of aromatic nitrogens is 1. The van der Waals surface area contributed by atoms with E-state index in [4.69, 9.17) is 5.11 Å². The summed E-state index contributed by atoms with van der Waals surface area (Å²) in [5.74, 6) is -6.32. The van der Waals surface area contributed by atoms with Crippen LogP contribution in [0.5, 0.6) is 0 Å². The number of alkyl halides is 2. The molecule has 0 saturated carbocycles. The van der Waals surface area contributed by atoms with Gasteiger partial charge in [0.1, 0.15) is 5.76 Å². The van der Waals surface area contributed by atoms with E-state index in [-0.39, 0.29) is 11.5 Å². The molecule has 4 nitrogen and oxygen atoms in total. The van der Waals surface area contributed by atoms with Gasteiger partial charge >= 0.3 is 11.9 Å². The minimum atomic E-state index is -3.94. The number of carboxylic acid groups (broad SMARTS) is 1. The van der Waals surface area contributed by atoms with Gasteiger partial charge in [-0.05, 0) is 13.8 Å². The number of halogens is 2. The molecule has 1 aromatic rings. The Hall–Kier alpha value is -1.46. The Balaban J connectivity index is 3.28. The van der Waals surface area contributed by atoms with E-state index in [1.165, 1.54) is 13.8 Å². The number of aryl methyl sites for hydroxylation is 2. The molecule has 1 heterocycles. The summed E-state index contributed by atoms with van der Waals surface area (Å²) < 4.78 is 30.3. The molecule has 1 N–H and O–H groups in total.